The normalized spacial score (nSPS) is 19.0. The van der Waals surface area contributed by atoms with Gasteiger partial charge >= 0.3 is 0 Å². The molecular formula is C20H24ClN3O3. The highest BCUT2D eigenvalue weighted by Gasteiger charge is 2.36. The first-order valence-electron chi connectivity index (χ1n) is 9.26. The third-order valence-corrected chi connectivity index (χ3v) is 5.64. The van der Waals surface area contributed by atoms with Gasteiger partial charge in [-0.1, -0.05) is 11.6 Å². The molecule has 1 aliphatic heterocycles. The molecule has 0 radical (unpaired) electrons. The summed E-state index contributed by atoms with van der Waals surface area (Å²) in [6.45, 7) is 1.38. The second kappa shape index (κ2) is 7.17. The van der Waals surface area contributed by atoms with E-state index in [1.54, 1.807) is 14.2 Å². The fourth-order valence-electron chi connectivity index (χ4n) is 3.58. The number of hydrogen-bond donors (Lipinski definition) is 1. The van der Waals surface area contributed by atoms with Gasteiger partial charge in [0.15, 0.2) is 0 Å². The van der Waals surface area contributed by atoms with Crippen molar-refractivity contribution in [2.45, 2.75) is 37.2 Å². The maximum atomic E-state index is 11.3. The van der Waals surface area contributed by atoms with E-state index in [0.29, 0.717) is 48.5 Å². The quantitative estimate of drug-likeness (QED) is 0.789. The number of aromatic nitrogens is 2. The molecular weight excluding hydrogens is 366 g/mol. The number of hydrogen-bond acceptors (Lipinski definition) is 6. The smallest absolute Gasteiger partial charge is 0.135 e. The van der Waals surface area contributed by atoms with Crippen LogP contribution in [0.15, 0.2) is 24.3 Å². The largest absolute Gasteiger partial charge is 0.497 e. The minimum atomic E-state index is -0.922. The van der Waals surface area contributed by atoms with Gasteiger partial charge < -0.3 is 19.5 Å². The number of methoxy groups -OCH3 is 2. The Bertz CT molecular complexity index is 811. The van der Waals surface area contributed by atoms with E-state index in [1.807, 2.05) is 24.3 Å². The minimum Gasteiger partial charge on any atom is -0.497 e. The number of nitrogens with zero attached hydrogens (tertiary/aromatic N) is 3. The fraction of sp³-hybridized carbons (Fsp3) is 0.500. The van der Waals surface area contributed by atoms with Gasteiger partial charge in [-0.3, -0.25) is 0 Å². The number of piperidine rings is 1. The van der Waals surface area contributed by atoms with Gasteiger partial charge in [-0.15, -0.1) is 0 Å². The number of halogens is 1. The summed E-state index contributed by atoms with van der Waals surface area (Å²) in [6.07, 6.45) is 3.45. The standard InChI is InChI=1S/C20H24ClN3O3/c1-26-15-9-14(10-16(11-15)27-2)20(25)5-7-24(8-6-20)18-12-17(21)22-19(23-18)13-3-4-13/h9-13,25H,3-8H2,1-2H3. The molecule has 2 fully saturated rings. The van der Waals surface area contributed by atoms with Crippen molar-refractivity contribution in [3.63, 3.8) is 0 Å². The summed E-state index contributed by atoms with van der Waals surface area (Å²) in [5, 5.41) is 11.7. The zero-order chi connectivity index (χ0) is 19.0. The number of benzene rings is 1. The highest BCUT2D eigenvalue weighted by Crippen LogP contribution is 2.40. The highest BCUT2D eigenvalue weighted by atomic mass is 35.5. The molecule has 1 saturated carbocycles. The molecule has 1 N–H and O–H groups in total. The van der Waals surface area contributed by atoms with E-state index in [9.17, 15) is 5.11 Å². The average Bonchev–Trinajstić information content (AvgIpc) is 3.53. The zero-order valence-electron chi connectivity index (χ0n) is 15.6. The average molecular weight is 390 g/mol. The molecule has 1 aromatic carbocycles. The van der Waals surface area contributed by atoms with Crippen LogP contribution in [0.25, 0.3) is 0 Å². The number of anilines is 1. The Morgan fingerprint density at radius 2 is 1.67 bits per heavy atom. The van der Waals surface area contributed by atoms with Crippen molar-refractivity contribution in [3.05, 3.63) is 40.8 Å². The first-order chi connectivity index (χ1) is 13.0. The molecule has 1 aliphatic carbocycles. The Hall–Kier alpha value is -2.05. The summed E-state index contributed by atoms with van der Waals surface area (Å²) < 4.78 is 10.7. The summed E-state index contributed by atoms with van der Waals surface area (Å²) in [6, 6.07) is 7.38. The van der Waals surface area contributed by atoms with Gasteiger partial charge in [0.2, 0.25) is 0 Å². The molecule has 0 spiro atoms. The van der Waals surface area contributed by atoms with E-state index < -0.39 is 5.60 Å². The van der Waals surface area contributed by atoms with Crippen molar-refractivity contribution in [2.24, 2.45) is 0 Å². The Morgan fingerprint density at radius 1 is 1.04 bits per heavy atom. The van der Waals surface area contributed by atoms with Gasteiger partial charge in [0.05, 0.1) is 19.8 Å². The molecule has 7 heteroatoms. The highest BCUT2D eigenvalue weighted by molar-refractivity contribution is 6.29. The van der Waals surface area contributed by atoms with Crippen LogP contribution in [-0.2, 0) is 5.60 Å². The third kappa shape index (κ3) is 3.82. The van der Waals surface area contributed by atoms with Crippen LogP contribution >= 0.6 is 11.6 Å². The molecule has 0 bridgehead atoms. The van der Waals surface area contributed by atoms with Crippen LogP contribution in [0.4, 0.5) is 5.82 Å². The fourth-order valence-corrected chi connectivity index (χ4v) is 3.76. The predicted molar refractivity (Wildman–Crippen MR) is 104 cm³/mol. The Kier molecular flexibility index (Phi) is 4.86. The van der Waals surface area contributed by atoms with Gasteiger partial charge in [-0.05, 0) is 43.4 Å². The van der Waals surface area contributed by atoms with E-state index in [-0.39, 0.29) is 0 Å². The minimum absolute atomic E-state index is 0.452. The molecule has 27 heavy (non-hydrogen) atoms. The molecule has 2 aromatic rings. The third-order valence-electron chi connectivity index (χ3n) is 5.44. The lowest BCUT2D eigenvalue weighted by molar-refractivity contribution is 0.0113. The van der Waals surface area contributed by atoms with Crippen LogP contribution in [-0.4, -0.2) is 42.4 Å². The van der Waals surface area contributed by atoms with E-state index in [1.165, 1.54) is 0 Å². The van der Waals surface area contributed by atoms with Gasteiger partial charge in [0.25, 0.3) is 0 Å². The topological polar surface area (TPSA) is 67.7 Å². The summed E-state index contributed by atoms with van der Waals surface area (Å²) in [5.41, 5.74) is -0.105. The van der Waals surface area contributed by atoms with Crippen LogP contribution in [0, 0.1) is 0 Å². The van der Waals surface area contributed by atoms with E-state index in [4.69, 9.17) is 26.1 Å². The SMILES string of the molecule is COc1cc(OC)cc(C2(O)CCN(c3cc(Cl)nc(C4CC4)n3)CC2)c1. The van der Waals surface area contributed by atoms with Gasteiger partial charge in [0, 0.05) is 31.1 Å². The number of rotatable bonds is 5. The maximum Gasteiger partial charge on any atom is 0.135 e. The van der Waals surface area contributed by atoms with Crippen LogP contribution in [0.2, 0.25) is 5.15 Å². The monoisotopic (exact) mass is 389 g/mol. The van der Waals surface area contributed by atoms with Crippen molar-refractivity contribution in [1.29, 1.82) is 0 Å². The summed E-state index contributed by atoms with van der Waals surface area (Å²) >= 11 is 6.20. The molecule has 4 rings (SSSR count). The van der Waals surface area contributed by atoms with Crippen LogP contribution in [0.5, 0.6) is 11.5 Å². The summed E-state index contributed by atoms with van der Waals surface area (Å²) in [4.78, 5) is 11.2. The predicted octanol–water partition coefficient (Wildman–Crippen LogP) is 3.51. The van der Waals surface area contributed by atoms with E-state index in [2.05, 4.69) is 9.88 Å². The summed E-state index contributed by atoms with van der Waals surface area (Å²) in [5.74, 6) is 3.50. The molecule has 0 atom stereocenters. The second-order valence-electron chi connectivity index (χ2n) is 7.30. The van der Waals surface area contributed by atoms with E-state index >= 15 is 0 Å². The van der Waals surface area contributed by atoms with Crippen LogP contribution in [0.3, 0.4) is 0 Å². The molecule has 2 aliphatic rings. The molecule has 2 heterocycles. The lowest BCUT2D eigenvalue weighted by atomic mass is 9.84. The van der Waals surface area contributed by atoms with Crippen LogP contribution < -0.4 is 14.4 Å². The summed E-state index contributed by atoms with van der Waals surface area (Å²) in [7, 11) is 3.23. The molecule has 1 aromatic heterocycles. The molecule has 6 nitrogen and oxygen atoms in total. The lowest BCUT2D eigenvalue weighted by Crippen LogP contribution is -2.43. The van der Waals surface area contributed by atoms with E-state index in [0.717, 1.165) is 30.0 Å². The Morgan fingerprint density at radius 3 is 2.22 bits per heavy atom. The number of ether oxygens (including phenoxy) is 2. The first kappa shape index (κ1) is 18.3. The van der Waals surface area contributed by atoms with Crippen molar-refractivity contribution >= 4 is 17.4 Å². The maximum absolute atomic E-state index is 11.3. The van der Waals surface area contributed by atoms with Crippen molar-refractivity contribution in [3.8, 4) is 11.5 Å². The van der Waals surface area contributed by atoms with Gasteiger partial charge in [-0.25, -0.2) is 9.97 Å². The number of aliphatic hydroxyl groups is 1. The van der Waals surface area contributed by atoms with Crippen LogP contribution in [0.1, 0.15) is 43.0 Å². The first-order valence-corrected chi connectivity index (χ1v) is 9.64. The molecule has 0 unspecified atom stereocenters. The van der Waals surface area contributed by atoms with Gasteiger partial charge in [0.1, 0.15) is 28.3 Å². The second-order valence-corrected chi connectivity index (χ2v) is 7.69. The van der Waals surface area contributed by atoms with Gasteiger partial charge in [-0.2, -0.15) is 0 Å². The Labute approximate surface area is 164 Å². The van der Waals surface area contributed by atoms with Crippen molar-refractivity contribution < 1.29 is 14.6 Å². The molecule has 0 amide bonds. The Balaban J connectivity index is 1.53. The molecule has 1 saturated heterocycles. The van der Waals surface area contributed by atoms with Crippen molar-refractivity contribution in [2.75, 3.05) is 32.2 Å². The van der Waals surface area contributed by atoms with Crippen molar-refractivity contribution in [1.82, 2.24) is 9.97 Å². The zero-order valence-corrected chi connectivity index (χ0v) is 16.4. The lowest BCUT2D eigenvalue weighted by Gasteiger charge is -2.39. The molecule has 144 valence electrons.